The topological polar surface area (TPSA) is 182 Å². The summed E-state index contributed by atoms with van der Waals surface area (Å²) in [6.45, 7) is 11.9. The molecule has 12 heteroatoms. The van der Waals surface area contributed by atoms with Gasteiger partial charge in [0.15, 0.2) is 0 Å². The molecular formula is C30H54N8O4. The summed E-state index contributed by atoms with van der Waals surface area (Å²) in [5.74, 6) is -0.173. The monoisotopic (exact) mass is 590 g/mol. The molecule has 12 nitrogen and oxygen atoms in total. The molecule has 0 aliphatic carbocycles. The van der Waals surface area contributed by atoms with Gasteiger partial charge in [0.25, 0.3) is 0 Å². The van der Waals surface area contributed by atoms with E-state index in [9.17, 15) is 9.59 Å². The van der Waals surface area contributed by atoms with Crippen molar-refractivity contribution in [3.63, 3.8) is 0 Å². The first-order valence-corrected chi connectivity index (χ1v) is 15.0. The molecule has 0 radical (unpaired) electrons. The van der Waals surface area contributed by atoms with Crippen LogP contribution in [0.3, 0.4) is 0 Å². The molecular weight excluding hydrogens is 536 g/mol. The normalized spacial score (nSPS) is 14.6. The van der Waals surface area contributed by atoms with Gasteiger partial charge in [0.05, 0.1) is 23.5 Å². The molecule has 42 heavy (non-hydrogen) atoms. The van der Waals surface area contributed by atoms with Crippen LogP contribution < -0.4 is 22.1 Å². The first-order chi connectivity index (χ1) is 20.0. The smallest absolute Gasteiger partial charge is 0.242 e. The van der Waals surface area contributed by atoms with E-state index in [1.54, 1.807) is 23.6 Å². The second-order valence-electron chi connectivity index (χ2n) is 11.2. The Morgan fingerprint density at radius 3 is 1.57 bits per heavy atom. The van der Waals surface area contributed by atoms with Gasteiger partial charge in [-0.05, 0) is 90.4 Å². The fourth-order valence-electron chi connectivity index (χ4n) is 4.76. The van der Waals surface area contributed by atoms with Crippen LogP contribution in [0.25, 0.3) is 0 Å². The van der Waals surface area contributed by atoms with Crippen molar-refractivity contribution in [2.45, 2.75) is 90.4 Å². The summed E-state index contributed by atoms with van der Waals surface area (Å²) < 4.78 is 0. The van der Waals surface area contributed by atoms with Gasteiger partial charge < -0.3 is 42.3 Å². The number of oxime groups is 2. The number of likely N-dealkylation sites (N-methyl/N-ethyl adjacent to an activating group) is 2. The van der Waals surface area contributed by atoms with Crippen molar-refractivity contribution in [3.8, 4) is 0 Å². The lowest BCUT2D eigenvalue weighted by molar-refractivity contribution is -0.137. The van der Waals surface area contributed by atoms with Crippen molar-refractivity contribution >= 4 is 24.2 Å². The fourth-order valence-corrected chi connectivity index (χ4v) is 4.76. The molecule has 0 aromatic heterocycles. The Bertz CT molecular complexity index is 911. The molecule has 0 aliphatic heterocycles. The molecule has 238 valence electrons. The Balaban J connectivity index is 2.72. The quantitative estimate of drug-likeness (QED) is 0.0514. The molecule has 0 heterocycles. The number of hydrogen-bond acceptors (Lipinski definition) is 10. The lowest BCUT2D eigenvalue weighted by Gasteiger charge is -2.32. The number of benzene rings is 1. The highest BCUT2D eigenvalue weighted by atomic mass is 16.4. The van der Waals surface area contributed by atoms with Crippen molar-refractivity contribution in [1.82, 2.24) is 20.4 Å². The van der Waals surface area contributed by atoms with Gasteiger partial charge in [-0.1, -0.05) is 24.3 Å². The highest BCUT2D eigenvalue weighted by molar-refractivity contribution is 5.86. The highest BCUT2D eigenvalue weighted by Crippen LogP contribution is 2.19. The van der Waals surface area contributed by atoms with E-state index >= 15 is 0 Å². The number of hydrogen-bond donors (Lipinski definition) is 6. The Morgan fingerprint density at radius 1 is 0.810 bits per heavy atom. The molecule has 0 saturated heterocycles. The van der Waals surface area contributed by atoms with Crippen molar-refractivity contribution in [3.05, 3.63) is 35.4 Å². The molecule has 0 saturated carbocycles. The van der Waals surface area contributed by atoms with E-state index in [4.69, 9.17) is 21.9 Å². The largest absolute Gasteiger partial charge is 0.411 e. The van der Waals surface area contributed by atoms with Gasteiger partial charge in [-0.3, -0.25) is 9.59 Å². The third-order valence-electron chi connectivity index (χ3n) is 7.29. The van der Waals surface area contributed by atoms with Crippen molar-refractivity contribution in [2.24, 2.45) is 21.8 Å². The maximum absolute atomic E-state index is 13.3. The molecule has 0 aliphatic rings. The van der Waals surface area contributed by atoms with E-state index in [1.807, 2.05) is 38.1 Å². The summed E-state index contributed by atoms with van der Waals surface area (Å²) in [7, 11) is 0. The predicted octanol–water partition coefficient (Wildman–Crippen LogP) is 2.26. The number of nitrogens with zero attached hydrogens (tertiary/aromatic N) is 4. The van der Waals surface area contributed by atoms with E-state index in [1.165, 1.54) is 12.4 Å². The van der Waals surface area contributed by atoms with Crippen LogP contribution in [0.1, 0.15) is 77.3 Å². The zero-order valence-corrected chi connectivity index (χ0v) is 26.0. The molecule has 1 aromatic rings. The van der Waals surface area contributed by atoms with Gasteiger partial charge in [0.1, 0.15) is 0 Å². The minimum absolute atomic E-state index is 0.0863. The van der Waals surface area contributed by atoms with Gasteiger partial charge in [-0.15, -0.1) is 10.3 Å². The van der Waals surface area contributed by atoms with Crippen LogP contribution in [0, 0.1) is 0 Å². The van der Waals surface area contributed by atoms with Crippen LogP contribution in [-0.2, 0) is 22.7 Å². The zero-order chi connectivity index (χ0) is 31.4. The maximum Gasteiger partial charge on any atom is 0.242 e. The number of rotatable bonds is 22. The first kappa shape index (κ1) is 37.0. The standard InChI is InChI=1S/C30H54N8O4/c1-5-37(27(39)29(3,31)14-7-9-16-33-18-20-35-41)23-25-12-11-13-26(22-25)24-38(6-2)28(40)30(4,32)15-8-10-17-34-19-21-36-42/h11-13,20-22,33-34,41-42H,5-10,14-19,23-24,31-32H2,1-4H3. The molecule has 2 atom stereocenters. The lowest BCUT2D eigenvalue weighted by Crippen LogP contribution is -2.53. The van der Waals surface area contributed by atoms with Crippen LogP contribution in [-0.4, -0.2) is 94.8 Å². The van der Waals surface area contributed by atoms with Gasteiger partial charge in [0, 0.05) is 39.3 Å². The number of nitrogens with one attached hydrogen (secondary N) is 2. The third kappa shape index (κ3) is 13.7. The minimum Gasteiger partial charge on any atom is -0.411 e. The fraction of sp³-hybridized carbons (Fsp3) is 0.667. The Labute approximate surface area is 251 Å². The molecule has 0 fully saturated rings. The number of nitrogens with two attached hydrogens (primary N) is 2. The molecule has 8 N–H and O–H groups in total. The molecule has 1 rings (SSSR count). The van der Waals surface area contributed by atoms with E-state index in [0.717, 1.165) is 49.9 Å². The average Bonchev–Trinajstić information content (AvgIpc) is 2.97. The number of carbonyl (C=O) groups excluding carboxylic acids is 2. The maximum atomic E-state index is 13.3. The SMILES string of the molecule is CCN(Cc1cccc(CN(CC)C(=O)C(C)(N)CCCCNCC=NO)c1)C(=O)C(C)(N)CCCCNCC=NO. The Morgan fingerprint density at radius 2 is 1.21 bits per heavy atom. The van der Waals surface area contributed by atoms with Gasteiger partial charge >= 0.3 is 0 Å². The molecule has 0 bridgehead atoms. The van der Waals surface area contributed by atoms with E-state index < -0.39 is 11.1 Å². The molecule has 2 unspecified atom stereocenters. The zero-order valence-electron chi connectivity index (χ0n) is 26.0. The summed E-state index contributed by atoms with van der Waals surface area (Å²) in [5.41, 5.74) is 13.0. The van der Waals surface area contributed by atoms with Gasteiger partial charge in [0.2, 0.25) is 11.8 Å². The van der Waals surface area contributed by atoms with Crippen LogP contribution in [0.4, 0.5) is 0 Å². The van der Waals surface area contributed by atoms with E-state index in [2.05, 4.69) is 20.9 Å². The summed E-state index contributed by atoms with van der Waals surface area (Å²) in [5, 5.41) is 29.0. The van der Waals surface area contributed by atoms with Crippen molar-refractivity contribution in [1.29, 1.82) is 0 Å². The summed E-state index contributed by atoms with van der Waals surface area (Å²) in [6, 6.07) is 7.96. The second-order valence-corrected chi connectivity index (χ2v) is 11.2. The summed E-state index contributed by atoms with van der Waals surface area (Å²) >= 11 is 0. The van der Waals surface area contributed by atoms with Crippen LogP contribution in [0.5, 0.6) is 0 Å². The highest BCUT2D eigenvalue weighted by Gasteiger charge is 2.33. The number of unbranched alkanes of at least 4 members (excludes halogenated alkanes) is 2. The summed E-state index contributed by atoms with van der Waals surface area (Å²) in [6.07, 6.45) is 7.23. The molecule has 0 spiro atoms. The Hall–Kier alpha value is -3.06. The second kappa shape index (κ2) is 20.0. The minimum atomic E-state index is -0.971. The van der Waals surface area contributed by atoms with Crippen LogP contribution in [0.15, 0.2) is 34.6 Å². The lowest BCUT2D eigenvalue weighted by atomic mass is 9.93. The predicted molar refractivity (Wildman–Crippen MR) is 168 cm³/mol. The number of carbonyl (C=O) groups is 2. The number of amides is 2. The van der Waals surface area contributed by atoms with E-state index in [-0.39, 0.29) is 11.8 Å². The van der Waals surface area contributed by atoms with Crippen LogP contribution >= 0.6 is 0 Å². The van der Waals surface area contributed by atoms with Gasteiger partial charge in [-0.2, -0.15) is 0 Å². The van der Waals surface area contributed by atoms with E-state index in [0.29, 0.717) is 52.1 Å². The van der Waals surface area contributed by atoms with Crippen molar-refractivity contribution < 1.29 is 20.0 Å². The molecule has 1 aromatic carbocycles. The van der Waals surface area contributed by atoms with Gasteiger partial charge in [-0.25, -0.2) is 0 Å². The van der Waals surface area contributed by atoms with Crippen molar-refractivity contribution in [2.75, 3.05) is 39.3 Å². The van der Waals surface area contributed by atoms with Crippen LogP contribution in [0.2, 0.25) is 0 Å². The first-order valence-electron chi connectivity index (χ1n) is 15.0. The average molecular weight is 591 g/mol. The molecule has 2 amide bonds. The third-order valence-corrected chi connectivity index (χ3v) is 7.29. The Kier molecular flexibility index (Phi) is 17.6. The summed E-state index contributed by atoms with van der Waals surface area (Å²) in [4.78, 5) is 30.2.